The molecular formula is C33H33N7O2. The lowest BCUT2D eigenvalue weighted by molar-refractivity contribution is 0.122. The number of anilines is 3. The summed E-state index contributed by atoms with van der Waals surface area (Å²) in [7, 11) is 0. The Morgan fingerprint density at radius 1 is 0.952 bits per heavy atom. The second kappa shape index (κ2) is 11.6. The number of pyridine rings is 1. The van der Waals surface area contributed by atoms with Gasteiger partial charge in [-0.05, 0) is 49.0 Å². The van der Waals surface area contributed by atoms with E-state index < -0.39 is 6.17 Å². The van der Waals surface area contributed by atoms with Gasteiger partial charge in [0, 0.05) is 36.1 Å². The van der Waals surface area contributed by atoms with Crippen molar-refractivity contribution in [1.82, 2.24) is 15.2 Å². The number of allylic oxidation sites excluding steroid dienone is 2. The SMILES string of the molecule is C=C1Nc2ccccc2C(c2ccccc2)=N[C@@H]1Nc1nnc(-c2ncc(C3=CCCCC3)cc2N2CCOCC2)o1. The number of morpholine rings is 1. The van der Waals surface area contributed by atoms with Crippen LogP contribution in [0.4, 0.5) is 17.4 Å². The number of rotatable bonds is 6. The summed E-state index contributed by atoms with van der Waals surface area (Å²) in [5.74, 6) is 0.353. The van der Waals surface area contributed by atoms with E-state index in [0.29, 0.717) is 30.5 Å². The minimum atomic E-state index is -0.548. The topological polar surface area (TPSA) is 101 Å². The van der Waals surface area contributed by atoms with Crippen LogP contribution in [0.5, 0.6) is 0 Å². The molecule has 0 bridgehead atoms. The first-order valence-corrected chi connectivity index (χ1v) is 14.5. The molecule has 0 radical (unpaired) electrons. The lowest BCUT2D eigenvalue weighted by Crippen LogP contribution is -2.36. The molecule has 3 aliphatic rings. The minimum absolute atomic E-state index is 0.244. The number of nitrogens with one attached hydrogen (secondary N) is 2. The van der Waals surface area contributed by atoms with Crippen LogP contribution in [-0.4, -0.2) is 53.4 Å². The first-order valence-electron chi connectivity index (χ1n) is 14.5. The maximum Gasteiger partial charge on any atom is 0.317 e. The predicted molar refractivity (Wildman–Crippen MR) is 166 cm³/mol. The Balaban J connectivity index is 1.21. The van der Waals surface area contributed by atoms with Gasteiger partial charge < -0.3 is 24.7 Å². The summed E-state index contributed by atoms with van der Waals surface area (Å²) in [6.45, 7) is 7.17. The van der Waals surface area contributed by atoms with E-state index in [4.69, 9.17) is 19.1 Å². The molecule has 2 aromatic carbocycles. The zero-order valence-corrected chi connectivity index (χ0v) is 23.4. The lowest BCUT2D eigenvalue weighted by atomic mass is 9.94. The molecule has 1 aliphatic carbocycles. The van der Waals surface area contributed by atoms with E-state index in [0.717, 1.165) is 59.7 Å². The second-order valence-electron chi connectivity index (χ2n) is 10.7. The van der Waals surface area contributed by atoms with Gasteiger partial charge in [-0.1, -0.05) is 66.3 Å². The van der Waals surface area contributed by atoms with Crippen molar-refractivity contribution in [3.8, 4) is 11.6 Å². The highest BCUT2D eigenvalue weighted by Crippen LogP contribution is 2.35. The Kier molecular flexibility index (Phi) is 7.24. The molecule has 9 nitrogen and oxygen atoms in total. The molecule has 42 heavy (non-hydrogen) atoms. The maximum absolute atomic E-state index is 6.19. The average molecular weight is 560 g/mol. The number of nitrogens with zero attached hydrogens (tertiary/aromatic N) is 5. The summed E-state index contributed by atoms with van der Waals surface area (Å²) in [4.78, 5) is 12.2. The van der Waals surface area contributed by atoms with Gasteiger partial charge in [0.15, 0.2) is 11.9 Å². The van der Waals surface area contributed by atoms with Crippen LogP contribution in [0.25, 0.3) is 17.2 Å². The largest absolute Gasteiger partial charge is 0.402 e. The maximum atomic E-state index is 6.19. The van der Waals surface area contributed by atoms with Crippen molar-refractivity contribution < 1.29 is 9.15 Å². The van der Waals surface area contributed by atoms with Gasteiger partial charge in [0.2, 0.25) is 0 Å². The van der Waals surface area contributed by atoms with Crippen molar-refractivity contribution >= 4 is 28.7 Å². The third-order valence-electron chi connectivity index (χ3n) is 7.88. The summed E-state index contributed by atoms with van der Waals surface area (Å²) in [5.41, 5.74) is 8.61. The standard InChI is InChI=1S/C33H33N7O2/c1-22-31(36-29(24-12-6-3-7-13-24)26-14-8-9-15-27(26)35-22)37-33-39-38-32(42-33)30-28(40-16-18-41-19-17-40)20-25(21-34-30)23-10-4-2-5-11-23/h3,6-10,12-15,20-21,31,35H,1-2,4-5,11,16-19H2,(H,37,39)/t31-/m1/s1. The average Bonchev–Trinajstić information content (AvgIpc) is 3.47. The summed E-state index contributed by atoms with van der Waals surface area (Å²) in [6, 6.07) is 20.7. The zero-order chi connectivity index (χ0) is 28.3. The number of fused-ring (bicyclic) bond motifs is 1. The Morgan fingerprint density at radius 3 is 2.62 bits per heavy atom. The molecule has 1 atom stereocenters. The van der Waals surface area contributed by atoms with Gasteiger partial charge in [0.05, 0.1) is 30.3 Å². The fourth-order valence-corrected chi connectivity index (χ4v) is 5.70. The van der Waals surface area contributed by atoms with Gasteiger partial charge >= 0.3 is 6.01 Å². The van der Waals surface area contributed by atoms with Gasteiger partial charge in [0.25, 0.3) is 5.89 Å². The Labute approximate surface area is 245 Å². The minimum Gasteiger partial charge on any atom is -0.402 e. The van der Waals surface area contributed by atoms with Crippen molar-refractivity contribution in [2.24, 2.45) is 4.99 Å². The van der Waals surface area contributed by atoms with Crippen LogP contribution in [0.3, 0.4) is 0 Å². The summed E-state index contributed by atoms with van der Waals surface area (Å²) >= 11 is 0. The quantitative estimate of drug-likeness (QED) is 0.291. The highest BCUT2D eigenvalue weighted by atomic mass is 16.5. The van der Waals surface area contributed by atoms with E-state index in [1.165, 1.54) is 18.4 Å². The van der Waals surface area contributed by atoms with Gasteiger partial charge in [-0.15, -0.1) is 5.10 Å². The van der Waals surface area contributed by atoms with E-state index in [2.05, 4.69) is 62.7 Å². The predicted octanol–water partition coefficient (Wildman–Crippen LogP) is 6.14. The van der Waals surface area contributed by atoms with Crippen molar-refractivity contribution in [3.63, 3.8) is 0 Å². The van der Waals surface area contributed by atoms with E-state index in [-0.39, 0.29) is 6.01 Å². The number of benzodiazepines with no additional fused rings is 1. The lowest BCUT2D eigenvalue weighted by Gasteiger charge is -2.30. The molecule has 9 heteroatoms. The van der Waals surface area contributed by atoms with Gasteiger partial charge in [-0.3, -0.25) is 4.99 Å². The number of ether oxygens (including phenoxy) is 1. The van der Waals surface area contributed by atoms with Crippen LogP contribution in [0.2, 0.25) is 0 Å². The van der Waals surface area contributed by atoms with E-state index in [1.54, 1.807) is 0 Å². The van der Waals surface area contributed by atoms with Crippen molar-refractivity contribution in [3.05, 3.63) is 102 Å². The second-order valence-corrected chi connectivity index (χ2v) is 10.7. The molecule has 4 heterocycles. The number of benzene rings is 2. The van der Waals surface area contributed by atoms with Crippen LogP contribution >= 0.6 is 0 Å². The van der Waals surface area contributed by atoms with Crippen LogP contribution in [0, 0.1) is 0 Å². The molecule has 7 rings (SSSR count). The van der Waals surface area contributed by atoms with Crippen LogP contribution in [0.1, 0.15) is 42.4 Å². The van der Waals surface area contributed by atoms with Crippen LogP contribution in [0.15, 0.2) is 94.6 Å². The van der Waals surface area contributed by atoms with E-state index in [1.807, 2.05) is 42.6 Å². The normalized spacial score (nSPS) is 18.8. The number of aromatic nitrogens is 3. The molecule has 0 spiro atoms. The molecule has 2 aliphatic heterocycles. The van der Waals surface area contributed by atoms with Crippen LogP contribution < -0.4 is 15.5 Å². The summed E-state index contributed by atoms with van der Waals surface area (Å²) in [5, 5.41) is 15.5. The van der Waals surface area contributed by atoms with E-state index >= 15 is 0 Å². The molecule has 2 aromatic heterocycles. The molecule has 212 valence electrons. The first kappa shape index (κ1) is 26.2. The van der Waals surface area contributed by atoms with Crippen molar-refractivity contribution in [1.29, 1.82) is 0 Å². The number of hydrogen-bond donors (Lipinski definition) is 2. The third kappa shape index (κ3) is 5.31. The molecule has 0 saturated carbocycles. The van der Waals surface area contributed by atoms with Crippen LogP contribution in [-0.2, 0) is 4.74 Å². The molecular weight excluding hydrogens is 526 g/mol. The molecule has 0 amide bonds. The highest BCUT2D eigenvalue weighted by Gasteiger charge is 2.26. The monoisotopic (exact) mass is 559 g/mol. The Hall–Kier alpha value is -4.76. The third-order valence-corrected chi connectivity index (χ3v) is 7.88. The fraction of sp³-hybridized carbons (Fsp3) is 0.273. The first-order chi connectivity index (χ1) is 20.7. The van der Waals surface area contributed by atoms with Crippen molar-refractivity contribution in [2.45, 2.75) is 31.8 Å². The fourth-order valence-electron chi connectivity index (χ4n) is 5.70. The molecule has 1 fully saturated rings. The molecule has 0 unspecified atom stereocenters. The Bertz CT molecular complexity index is 1650. The number of para-hydroxylation sites is 1. The highest BCUT2D eigenvalue weighted by molar-refractivity contribution is 6.16. The smallest absolute Gasteiger partial charge is 0.317 e. The summed E-state index contributed by atoms with van der Waals surface area (Å²) in [6.07, 6.45) is 8.37. The molecule has 1 saturated heterocycles. The molecule has 4 aromatic rings. The summed E-state index contributed by atoms with van der Waals surface area (Å²) < 4.78 is 11.8. The van der Waals surface area contributed by atoms with Crippen molar-refractivity contribution in [2.75, 3.05) is 41.8 Å². The van der Waals surface area contributed by atoms with Gasteiger partial charge in [-0.25, -0.2) is 4.98 Å². The zero-order valence-electron chi connectivity index (χ0n) is 23.4. The van der Waals surface area contributed by atoms with Gasteiger partial charge in [-0.2, -0.15) is 0 Å². The Morgan fingerprint density at radius 2 is 1.79 bits per heavy atom. The van der Waals surface area contributed by atoms with Gasteiger partial charge in [0.1, 0.15) is 0 Å². The number of hydrogen-bond acceptors (Lipinski definition) is 9. The van der Waals surface area contributed by atoms with E-state index in [9.17, 15) is 0 Å². The number of aliphatic imine (C=N–C) groups is 1. The molecule has 2 N–H and O–H groups in total.